The summed E-state index contributed by atoms with van der Waals surface area (Å²) in [6.45, 7) is 4.29. The SMILES string of the molecule is Cl.Cl.Fc1cnc(N2CCN(Cc3cnc(-c4ccccc4)[nH]3)CC2)nc1. The molecule has 0 amide bonds. The number of hydrogen-bond acceptors (Lipinski definition) is 5. The van der Waals surface area contributed by atoms with Crippen LogP contribution in [0.15, 0.2) is 48.9 Å². The molecule has 27 heavy (non-hydrogen) atoms. The number of H-pyrrole nitrogens is 1. The Morgan fingerprint density at radius 3 is 2.22 bits per heavy atom. The number of piperazine rings is 1. The molecule has 0 bridgehead atoms. The highest BCUT2D eigenvalue weighted by Gasteiger charge is 2.19. The van der Waals surface area contributed by atoms with Crippen LogP contribution in [0.1, 0.15) is 5.69 Å². The van der Waals surface area contributed by atoms with Crippen LogP contribution in [0.25, 0.3) is 11.4 Å². The van der Waals surface area contributed by atoms with Crippen molar-refractivity contribution in [3.8, 4) is 11.4 Å². The largest absolute Gasteiger partial charge is 0.341 e. The molecule has 4 rings (SSSR count). The van der Waals surface area contributed by atoms with Crippen LogP contribution in [0.5, 0.6) is 0 Å². The third-order valence-electron chi connectivity index (χ3n) is 4.33. The minimum Gasteiger partial charge on any atom is -0.341 e. The second-order valence-electron chi connectivity index (χ2n) is 6.09. The first-order valence-corrected chi connectivity index (χ1v) is 8.32. The number of imidazole rings is 1. The maximum Gasteiger partial charge on any atom is 0.225 e. The molecule has 6 nitrogen and oxygen atoms in total. The van der Waals surface area contributed by atoms with Gasteiger partial charge in [0.1, 0.15) is 5.82 Å². The van der Waals surface area contributed by atoms with Crippen molar-refractivity contribution in [2.75, 3.05) is 31.1 Å². The Labute approximate surface area is 169 Å². The number of hydrogen-bond donors (Lipinski definition) is 1. The van der Waals surface area contributed by atoms with E-state index in [1.807, 2.05) is 36.5 Å². The van der Waals surface area contributed by atoms with Gasteiger partial charge in [0.15, 0.2) is 5.82 Å². The summed E-state index contributed by atoms with van der Waals surface area (Å²) in [5, 5.41) is 0. The maximum atomic E-state index is 12.9. The number of aromatic nitrogens is 4. The molecule has 9 heteroatoms. The Morgan fingerprint density at radius 2 is 1.56 bits per heavy atom. The summed E-state index contributed by atoms with van der Waals surface area (Å²) >= 11 is 0. The van der Waals surface area contributed by atoms with Gasteiger partial charge in [0.2, 0.25) is 5.95 Å². The molecule has 0 saturated carbocycles. The highest BCUT2D eigenvalue weighted by molar-refractivity contribution is 5.85. The molecular weight excluding hydrogens is 390 g/mol. The van der Waals surface area contributed by atoms with Gasteiger partial charge in [-0.15, -0.1) is 24.8 Å². The number of halogens is 3. The summed E-state index contributed by atoms with van der Waals surface area (Å²) in [6.07, 6.45) is 4.33. The van der Waals surface area contributed by atoms with Gasteiger partial charge in [-0.25, -0.2) is 19.3 Å². The van der Waals surface area contributed by atoms with Crippen LogP contribution in [0.2, 0.25) is 0 Å². The zero-order valence-corrected chi connectivity index (χ0v) is 16.2. The molecule has 0 unspecified atom stereocenters. The van der Waals surface area contributed by atoms with Crippen molar-refractivity contribution in [2.45, 2.75) is 6.54 Å². The molecule has 1 N–H and O–H groups in total. The third-order valence-corrected chi connectivity index (χ3v) is 4.33. The van der Waals surface area contributed by atoms with Crippen LogP contribution in [-0.2, 0) is 6.54 Å². The van der Waals surface area contributed by atoms with Gasteiger partial charge in [0.25, 0.3) is 0 Å². The van der Waals surface area contributed by atoms with Crippen molar-refractivity contribution in [2.24, 2.45) is 0 Å². The second kappa shape index (κ2) is 9.64. The molecule has 1 fully saturated rings. The van der Waals surface area contributed by atoms with E-state index in [4.69, 9.17) is 0 Å². The standard InChI is InChI=1S/C18H19FN6.2ClH/c19-15-10-21-18(22-11-15)25-8-6-24(7-9-25)13-16-12-20-17(23-16)14-4-2-1-3-5-14;;/h1-5,10-12H,6-9,13H2,(H,20,23);2*1H. The minimum atomic E-state index is -0.407. The average molecular weight is 411 g/mol. The van der Waals surface area contributed by atoms with Gasteiger partial charge in [-0.3, -0.25) is 4.90 Å². The molecular formula is C18H21Cl2FN6. The predicted octanol–water partition coefficient (Wildman–Crippen LogP) is 3.17. The van der Waals surface area contributed by atoms with Crippen molar-refractivity contribution < 1.29 is 4.39 Å². The highest BCUT2D eigenvalue weighted by atomic mass is 35.5. The van der Waals surface area contributed by atoms with Gasteiger partial charge in [0, 0.05) is 50.2 Å². The van der Waals surface area contributed by atoms with Crippen molar-refractivity contribution in [3.63, 3.8) is 0 Å². The molecule has 0 atom stereocenters. The lowest BCUT2D eigenvalue weighted by atomic mass is 10.2. The molecule has 0 spiro atoms. The van der Waals surface area contributed by atoms with Crippen molar-refractivity contribution in [1.82, 2.24) is 24.8 Å². The van der Waals surface area contributed by atoms with Gasteiger partial charge in [0.05, 0.1) is 12.4 Å². The zero-order chi connectivity index (χ0) is 17.1. The Hall–Kier alpha value is -2.22. The molecule has 0 aliphatic carbocycles. The van der Waals surface area contributed by atoms with E-state index < -0.39 is 5.82 Å². The third kappa shape index (κ3) is 5.15. The number of aromatic amines is 1. The van der Waals surface area contributed by atoms with Crippen molar-refractivity contribution >= 4 is 30.8 Å². The fourth-order valence-electron chi connectivity index (χ4n) is 3.00. The number of nitrogens with one attached hydrogen (secondary N) is 1. The van der Waals surface area contributed by atoms with Gasteiger partial charge in [-0.2, -0.15) is 0 Å². The van der Waals surface area contributed by atoms with Crippen LogP contribution in [0.3, 0.4) is 0 Å². The summed E-state index contributed by atoms with van der Waals surface area (Å²) < 4.78 is 12.9. The van der Waals surface area contributed by atoms with Gasteiger partial charge >= 0.3 is 0 Å². The molecule has 0 radical (unpaired) electrons. The van der Waals surface area contributed by atoms with E-state index in [-0.39, 0.29) is 24.8 Å². The lowest BCUT2D eigenvalue weighted by Crippen LogP contribution is -2.46. The van der Waals surface area contributed by atoms with Gasteiger partial charge in [-0.1, -0.05) is 30.3 Å². The summed E-state index contributed by atoms with van der Waals surface area (Å²) in [6, 6.07) is 10.1. The van der Waals surface area contributed by atoms with Crippen molar-refractivity contribution in [3.05, 3.63) is 60.4 Å². The summed E-state index contributed by atoms with van der Waals surface area (Å²) in [5.74, 6) is 1.08. The van der Waals surface area contributed by atoms with Crippen LogP contribution in [0.4, 0.5) is 10.3 Å². The van der Waals surface area contributed by atoms with E-state index in [9.17, 15) is 4.39 Å². The quantitative estimate of drug-likeness (QED) is 0.715. The smallest absolute Gasteiger partial charge is 0.225 e. The van der Waals surface area contributed by atoms with E-state index in [2.05, 4.69) is 29.7 Å². The molecule has 3 aromatic rings. The van der Waals surface area contributed by atoms with E-state index >= 15 is 0 Å². The maximum absolute atomic E-state index is 12.9. The number of rotatable bonds is 4. The second-order valence-corrected chi connectivity index (χ2v) is 6.09. The topological polar surface area (TPSA) is 60.9 Å². The molecule has 1 aliphatic rings. The summed E-state index contributed by atoms with van der Waals surface area (Å²) in [5.41, 5.74) is 2.19. The molecule has 1 aromatic carbocycles. The lowest BCUT2D eigenvalue weighted by Gasteiger charge is -2.34. The Balaban J connectivity index is 0.00000131. The molecule has 3 heterocycles. The highest BCUT2D eigenvalue weighted by Crippen LogP contribution is 2.17. The predicted molar refractivity (Wildman–Crippen MR) is 108 cm³/mol. The first kappa shape index (κ1) is 21.1. The average Bonchev–Trinajstić information content (AvgIpc) is 3.12. The van der Waals surface area contributed by atoms with Crippen LogP contribution >= 0.6 is 24.8 Å². The van der Waals surface area contributed by atoms with E-state index in [0.29, 0.717) is 5.95 Å². The molecule has 1 aliphatic heterocycles. The Kier molecular flexibility index (Phi) is 7.53. The molecule has 2 aromatic heterocycles. The normalized spacial score (nSPS) is 14.3. The molecule has 1 saturated heterocycles. The number of nitrogens with zero attached hydrogens (tertiary/aromatic N) is 5. The zero-order valence-electron chi connectivity index (χ0n) is 14.6. The fourth-order valence-corrected chi connectivity index (χ4v) is 3.00. The van der Waals surface area contributed by atoms with Gasteiger partial charge < -0.3 is 9.88 Å². The van der Waals surface area contributed by atoms with Crippen molar-refractivity contribution in [1.29, 1.82) is 0 Å². The van der Waals surface area contributed by atoms with E-state index in [1.165, 1.54) is 12.4 Å². The fraction of sp³-hybridized carbons (Fsp3) is 0.278. The summed E-state index contributed by atoms with van der Waals surface area (Å²) in [7, 11) is 0. The Bertz CT molecular complexity index is 819. The monoisotopic (exact) mass is 410 g/mol. The van der Waals surface area contributed by atoms with Gasteiger partial charge in [-0.05, 0) is 0 Å². The minimum absolute atomic E-state index is 0. The van der Waals surface area contributed by atoms with Crippen LogP contribution < -0.4 is 4.90 Å². The van der Waals surface area contributed by atoms with Crippen LogP contribution in [-0.4, -0.2) is 51.0 Å². The first-order chi connectivity index (χ1) is 12.3. The van der Waals surface area contributed by atoms with Crippen LogP contribution in [0, 0.1) is 5.82 Å². The Morgan fingerprint density at radius 1 is 0.889 bits per heavy atom. The van der Waals surface area contributed by atoms with E-state index in [1.54, 1.807) is 0 Å². The first-order valence-electron chi connectivity index (χ1n) is 8.32. The molecule has 144 valence electrons. The summed E-state index contributed by atoms with van der Waals surface area (Å²) in [4.78, 5) is 20.4. The lowest BCUT2D eigenvalue weighted by molar-refractivity contribution is 0.246. The van der Waals surface area contributed by atoms with E-state index in [0.717, 1.165) is 49.8 Å². The number of benzene rings is 1. The number of anilines is 1.